The van der Waals surface area contributed by atoms with Crippen molar-refractivity contribution in [3.05, 3.63) is 27.1 Å². The lowest BCUT2D eigenvalue weighted by Crippen LogP contribution is -2.48. The van der Waals surface area contributed by atoms with Gasteiger partial charge in [-0.25, -0.2) is 0 Å². The Morgan fingerprint density at radius 3 is 2.40 bits per heavy atom. The highest BCUT2D eigenvalue weighted by molar-refractivity contribution is 9.13. The van der Waals surface area contributed by atoms with Crippen molar-refractivity contribution in [1.82, 2.24) is 4.90 Å². The summed E-state index contributed by atoms with van der Waals surface area (Å²) in [6.07, 6.45) is 3.05. The van der Waals surface area contributed by atoms with Gasteiger partial charge in [0.15, 0.2) is 0 Å². The molecule has 1 aromatic rings. The maximum absolute atomic E-state index is 12.7. The van der Waals surface area contributed by atoms with E-state index in [0.717, 1.165) is 33.9 Å². The zero-order valence-electron chi connectivity index (χ0n) is 12.1. The lowest BCUT2D eigenvalue weighted by Gasteiger charge is -2.36. The second kappa shape index (κ2) is 6.58. The van der Waals surface area contributed by atoms with Gasteiger partial charge in [0, 0.05) is 20.6 Å². The highest BCUT2D eigenvalue weighted by Gasteiger charge is 2.37. The van der Waals surface area contributed by atoms with Gasteiger partial charge in [-0.2, -0.15) is 0 Å². The second-order valence-corrected chi connectivity index (χ2v) is 7.14. The molecule has 1 unspecified atom stereocenters. The number of amides is 1. The van der Waals surface area contributed by atoms with E-state index in [1.165, 1.54) is 0 Å². The lowest BCUT2D eigenvalue weighted by atomic mass is 10.2. The van der Waals surface area contributed by atoms with Gasteiger partial charge in [0.25, 0.3) is 0 Å². The highest BCUT2D eigenvalue weighted by Crippen LogP contribution is 2.36. The largest absolute Gasteiger partial charge is 0.296 e. The van der Waals surface area contributed by atoms with E-state index >= 15 is 0 Å². The van der Waals surface area contributed by atoms with Gasteiger partial charge in [-0.05, 0) is 83.4 Å². The van der Waals surface area contributed by atoms with Crippen molar-refractivity contribution in [2.75, 3.05) is 19.0 Å². The van der Waals surface area contributed by atoms with E-state index in [1.54, 1.807) is 0 Å². The number of hydrogen-bond donors (Lipinski definition) is 0. The SMILES string of the molecule is CCC(N(C)C)N(C(=O)C1CC1)c1ccc(Br)c(Br)c1. The quantitative estimate of drug-likeness (QED) is 0.686. The third-order valence-electron chi connectivity index (χ3n) is 3.60. The van der Waals surface area contributed by atoms with E-state index in [1.807, 2.05) is 37.2 Å². The molecule has 1 atom stereocenters. The van der Waals surface area contributed by atoms with Crippen LogP contribution in [0.5, 0.6) is 0 Å². The molecule has 110 valence electrons. The van der Waals surface area contributed by atoms with Gasteiger partial charge >= 0.3 is 0 Å². The summed E-state index contributed by atoms with van der Waals surface area (Å²) in [4.78, 5) is 16.7. The molecule has 5 heteroatoms. The molecule has 1 saturated carbocycles. The van der Waals surface area contributed by atoms with Crippen LogP contribution in [0.4, 0.5) is 5.69 Å². The first-order chi connectivity index (χ1) is 9.45. The smallest absolute Gasteiger partial charge is 0.231 e. The first-order valence-corrected chi connectivity index (χ1v) is 8.48. The standard InChI is InChI=1S/C15H20Br2N2O/c1-4-14(18(2)3)19(15(20)10-5-6-10)11-7-8-12(16)13(17)9-11/h7-10,14H,4-6H2,1-3H3. The molecule has 0 heterocycles. The number of halogens is 2. The Kier molecular flexibility index (Phi) is 5.26. The molecule has 0 bridgehead atoms. The summed E-state index contributed by atoms with van der Waals surface area (Å²) in [6.45, 7) is 2.12. The third-order valence-corrected chi connectivity index (χ3v) is 5.48. The summed E-state index contributed by atoms with van der Waals surface area (Å²) in [7, 11) is 4.05. The Hall–Kier alpha value is -0.390. The number of benzene rings is 1. The van der Waals surface area contributed by atoms with Crippen LogP contribution in [-0.4, -0.2) is 31.1 Å². The van der Waals surface area contributed by atoms with Gasteiger partial charge in [-0.1, -0.05) is 6.92 Å². The van der Waals surface area contributed by atoms with E-state index in [4.69, 9.17) is 0 Å². The number of hydrogen-bond acceptors (Lipinski definition) is 2. The van der Waals surface area contributed by atoms with Crippen molar-refractivity contribution < 1.29 is 4.79 Å². The fraction of sp³-hybridized carbons (Fsp3) is 0.533. The lowest BCUT2D eigenvalue weighted by molar-refractivity contribution is -0.121. The van der Waals surface area contributed by atoms with Gasteiger partial charge in [-0.15, -0.1) is 0 Å². The van der Waals surface area contributed by atoms with E-state index in [-0.39, 0.29) is 18.0 Å². The average Bonchev–Trinajstić information content (AvgIpc) is 3.22. The van der Waals surface area contributed by atoms with E-state index in [9.17, 15) is 4.79 Å². The highest BCUT2D eigenvalue weighted by atomic mass is 79.9. The van der Waals surface area contributed by atoms with Gasteiger partial charge in [0.2, 0.25) is 5.91 Å². The van der Waals surface area contributed by atoms with Crippen LogP contribution < -0.4 is 4.90 Å². The number of carbonyl (C=O) groups is 1. The zero-order valence-corrected chi connectivity index (χ0v) is 15.2. The average molecular weight is 404 g/mol. The minimum atomic E-state index is 0.0937. The maximum atomic E-state index is 12.7. The van der Waals surface area contributed by atoms with Crippen LogP contribution in [-0.2, 0) is 4.79 Å². The van der Waals surface area contributed by atoms with E-state index < -0.39 is 0 Å². The maximum Gasteiger partial charge on any atom is 0.231 e. The molecule has 0 spiro atoms. The molecule has 1 aliphatic rings. The van der Waals surface area contributed by atoms with Crippen molar-refractivity contribution in [2.45, 2.75) is 32.4 Å². The Bertz CT molecular complexity index is 501. The molecule has 0 N–H and O–H groups in total. The van der Waals surface area contributed by atoms with Gasteiger partial charge in [-0.3, -0.25) is 14.6 Å². The van der Waals surface area contributed by atoms with E-state index in [2.05, 4.69) is 43.7 Å². The minimum Gasteiger partial charge on any atom is -0.296 e. The van der Waals surface area contributed by atoms with Crippen LogP contribution in [0.25, 0.3) is 0 Å². The molecule has 3 nitrogen and oxygen atoms in total. The number of rotatable bonds is 5. The molecule has 0 radical (unpaired) electrons. The Morgan fingerprint density at radius 1 is 1.30 bits per heavy atom. The predicted octanol–water partition coefficient (Wildman–Crippen LogP) is 4.25. The van der Waals surface area contributed by atoms with Crippen LogP contribution in [0.1, 0.15) is 26.2 Å². The van der Waals surface area contributed by atoms with Gasteiger partial charge in [0.1, 0.15) is 0 Å². The van der Waals surface area contributed by atoms with Crippen LogP contribution in [0.2, 0.25) is 0 Å². The fourth-order valence-electron chi connectivity index (χ4n) is 2.39. The van der Waals surface area contributed by atoms with Crippen molar-refractivity contribution in [2.24, 2.45) is 5.92 Å². The topological polar surface area (TPSA) is 23.6 Å². The molecule has 0 saturated heterocycles. The summed E-state index contributed by atoms with van der Waals surface area (Å²) in [5.74, 6) is 0.464. The molecule has 20 heavy (non-hydrogen) atoms. The summed E-state index contributed by atoms with van der Waals surface area (Å²) >= 11 is 7.00. The van der Waals surface area contributed by atoms with Crippen LogP contribution in [0.3, 0.4) is 0 Å². The van der Waals surface area contributed by atoms with Crippen LogP contribution >= 0.6 is 31.9 Å². The summed E-state index contributed by atoms with van der Waals surface area (Å²) in [5, 5.41) is 0. The molecule has 0 aliphatic heterocycles. The Morgan fingerprint density at radius 2 is 1.95 bits per heavy atom. The molecule has 0 aromatic heterocycles. The van der Waals surface area contributed by atoms with E-state index in [0.29, 0.717) is 0 Å². The van der Waals surface area contributed by atoms with Gasteiger partial charge in [0.05, 0.1) is 6.17 Å². The van der Waals surface area contributed by atoms with Crippen molar-refractivity contribution in [3.8, 4) is 0 Å². The second-order valence-electron chi connectivity index (χ2n) is 5.43. The number of nitrogens with zero attached hydrogens (tertiary/aromatic N) is 2. The Labute approximate surface area is 137 Å². The molecule has 2 rings (SSSR count). The van der Waals surface area contributed by atoms with Crippen LogP contribution in [0, 0.1) is 5.92 Å². The van der Waals surface area contributed by atoms with Gasteiger partial charge < -0.3 is 0 Å². The summed E-state index contributed by atoms with van der Waals surface area (Å²) in [6, 6.07) is 5.99. The molecule has 1 aliphatic carbocycles. The van der Waals surface area contributed by atoms with Crippen molar-refractivity contribution >= 4 is 43.5 Å². The molecular formula is C15H20Br2N2O. The van der Waals surface area contributed by atoms with Crippen molar-refractivity contribution in [3.63, 3.8) is 0 Å². The van der Waals surface area contributed by atoms with Crippen LogP contribution in [0.15, 0.2) is 27.1 Å². The zero-order chi connectivity index (χ0) is 14.9. The molecule has 1 aromatic carbocycles. The summed E-state index contributed by atoms with van der Waals surface area (Å²) in [5.41, 5.74) is 0.956. The monoisotopic (exact) mass is 402 g/mol. The predicted molar refractivity (Wildman–Crippen MR) is 89.8 cm³/mol. The normalized spacial score (nSPS) is 16.3. The Balaban J connectivity index is 2.38. The molecule has 1 amide bonds. The van der Waals surface area contributed by atoms with Crippen molar-refractivity contribution in [1.29, 1.82) is 0 Å². The fourth-order valence-corrected chi connectivity index (χ4v) is 3.00. The number of carbonyl (C=O) groups excluding carboxylic acids is 1. The minimum absolute atomic E-state index is 0.0937. The first kappa shape index (κ1) is 16.0. The third kappa shape index (κ3) is 3.43. The number of anilines is 1. The first-order valence-electron chi connectivity index (χ1n) is 6.90. The molecule has 1 fully saturated rings. The summed E-state index contributed by atoms with van der Waals surface area (Å²) < 4.78 is 1.97. The molecular weight excluding hydrogens is 384 g/mol.